The minimum Gasteiger partial charge on any atom is -0.446 e. The summed E-state index contributed by atoms with van der Waals surface area (Å²) in [5, 5.41) is 2.94. The van der Waals surface area contributed by atoms with Crippen LogP contribution >= 0.6 is 0 Å². The summed E-state index contributed by atoms with van der Waals surface area (Å²) < 4.78 is 30.1. The van der Waals surface area contributed by atoms with Gasteiger partial charge >= 0.3 is 6.09 Å². The Hall–Kier alpha value is -1.71. The van der Waals surface area contributed by atoms with E-state index in [0.29, 0.717) is 57.6 Å². The van der Waals surface area contributed by atoms with E-state index in [4.69, 9.17) is 23.7 Å². The minimum atomic E-state index is -0.318. The van der Waals surface area contributed by atoms with Gasteiger partial charge in [0.2, 0.25) is 0 Å². The normalized spacial score (nSPS) is 29.3. The zero-order valence-electron chi connectivity index (χ0n) is 45.2. The van der Waals surface area contributed by atoms with Crippen LogP contribution in [0, 0.1) is 46.3 Å². The molecular weight excluding hydrogens is 845 g/mol. The Labute approximate surface area is 418 Å². The first-order chi connectivity index (χ1) is 33.0. The number of amides is 1. The fourth-order valence-electron chi connectivity index (χ4n) is 13.9. The van der Waals surface area contributed by atoms with E-state index in [1.807, 2.05) is 0 Å². The summed E-state index contributed by atoms with van der Waals surface area (Å²) in [5.74, 6) is 5.03. The van der Waals surface area contributed by atoms with Gasteiger partial charge in [0, 0.05) is 32.2 Å². The highest BCUT2D eigenvalue weighted by Crippen LogP contribution is 2.67. The van der Waals surface area contributed by atoms with Crippen LogP contribution in [0.2, 0.25) is 0 Å². The lowest BCUT2D eigenvalue weighted by Crippen LogP contribution is -2.51. The molecule has 1 saturated heterocycles. The number of nitrogens with one attached hydrogen (secondary N) is 1. The van der Waals surface area contributed by atoms with Crippen molar-refractivity contribution in [3.63, 3.8) is 0 Å². The number of unbranched alkanes of at least 4 members (excludes halogenated alkanes) is 9. The molecule has 3 saturated carbocycles. The highest BCUT2D eigenvalue weighted by molar-refractivity contribution is 5.67. The van der Waals surface area contributed by atoms with E-state index in [1.54, 1.807) is 5.57 Å². The number of nitrogens with zero attached hydrogens (tertiary/aromatic N) is 1. The molecule has 1 aliphatic heterocycles. The molecular formula is C60H106N2O6. The third kappa shape index (κ3) is 18.7. The van der Waals surface area contributed by atoms with Crippen LogP contribution in [-0.2, 0) is 23.7 Å². The van der Waals surface area contributed by atoms with Gasteiger partial charge in [-0.3, -0.25) is 4.90 Å². The van der Waals surface area contributed by atoms with Gasteiger partial charge in [-0.1, -0.05) is 135 Å². The molecule has 0 aromatic heterocycles. The topological polar surface area (TPSA) is 78.5 Å². The molecule has 392 valence electrons. The van der Waals surface area contributed by atoms with Crippen LogP contribution in [0.25, 0.3) is 0 Å². The number of allylic oxidation sites excluding steroid dienone is 5. The van der Waals surface area contributed by atoms with Gasteiger partial charge in [0.15, 0.2) is 0 Å². The molecule has 4 aliphatic carbocycles. The molecule has 1 N–H and O–H groups in total. The summed E-state index contributed by atoms with van der Waals surface area (Å²) in [7, 11) is 0. The molecule has 5 aliphatic rings. The lowest BCUT2D eigenvalue weighted by Gasteiger charge is -2.58. The van der Waals surface area contributed by atoms with E-state index in [-0.39, 0.29) is 23.7 Å². The summed E-state index contributed by atoms with van der Waals surface area (Å²) >= 11 is 0. The molecule has 1 amide bonds. The number of hydrogen-bond acceptors (Lipinski definition) is 7. The number of hydrogen-bond donors (Lipinski definition) is 1. The maximum absolute atomic E-state index is 12.9. The Morgan fingerprint density at radius 3 is 2.26 bits per heavy atom. The minimum absolute atomic E-state index is 0.0376. The number of carbonyl (C=O) groups is 1. The second-order valence-electron chi connectivity index (χ2n) is 23.3. The van der Waals surface area contributed by atoms with E-state index in [2.05, 4.69) is 89.1 Å². The fraction of sp³-hybridized carbons (Fsp3) is 0.883. The molecule has 0 aromatic carbocycles. The van der Waals surface area contributed by atoms with Crippen molar-refractivity contribution in [1.29, 1.82) is 0 Å². The molecule has 0 radical (unpaired) electrons. The maximum atomic E-state index is 12.9. The molecule has 1 heterocycles. The highest BCUT2D eigenvalue weighted by atomic mass is 16.6. The predicted molar refractivity (Wildman–Crippen MR) is 283 cm³/mol. The van der Waals surface area contributed by atoms with E-state index >= 15 is 0 Å². The van der Waals surface area contributed by atoms with Crippen molar-refractivity contribution in [2.75, 3.05) is 65.9 Å². The predicted octanol–water partition coefficient (Wildman–Crippen LogP) is 14.9. The van der Waals surface area contributed by atoms with Crippen molar-refractivity contribution in [3.05, 3.63) is 36.0 Å². The Balaban J connectivity index is 0.867. The van der Waals surface area contributed by atoms with Crippen LogP contribution in [0.4, 0.5) is 4.79 Å². The lowest BCUT2D eigenvalue weighted by atomic mass is 9.47. The first-order valence-corrected chi connectivity index (χ1v) is 29.1. The summed E-state index contributed by atoms with van der Waals surface area (Å²) in [6.45, 7) is 23.6. The van der Waals surface area contributed by atoms with Gasteiger partial charge < -0.3 is 29.0 Å². The summed E-state index contributed by atoms with van der Waals surface area (Å²) in [6, 6.07) is 0.608. The maximum Gasteiger partial charge on any atom is 0.407 e. The number of rotatable bonds is 35. The second-order valence-corrected chi connectivity index (χ2v) is 23.3. The van der Waals surface area contributed by atoms with Crippen LogP contribution in [0.1, 0.15) is 209 Å². The molecule has 10 unspecified atom stereocenters. The monoisotopic (exact) mass is 951 g/mol. The van der Waals surface area contributed by atoms with E-state index < -0.39 is 0 Å². The smallest absolute Gasteiger partial charge is 0.407 e. The number of alkyl carbamates (subject to hydrolysis) is 1. The largest absolute Gasteiger partial charge is 0.446 e. The second kappa shape index (κ2) is 31.7. The SMILES string of the molecule is CCCCCC=CCC=CCCCCCCCCOCC(CN1CCCC1C)OCCOCCOCCNC(=O)OC1CCC2(C)C(=CCC3C2CCC2(C)C(C(C)CCCC(C)C)CCC32)C1. The lowest BCUT2D eigenvalue weighted by molar-refractivity contribution is -0.0583. The standard InChI is InChI=1S/C60H106N2O6/c1-8-9-10-11-12-13-14-15-16-17-18-19-20-21-22-23-39-66-47-53(46-62-38-25-28-50(62)5)67-44-43-65-42-41-64-40-37-61-58(63)68-52-33-35-59(6)51(45-52)29-30-54-56-32-31-55(49(4)27-24-26-48(2)3)60(56,7)36-34-57(54)59/h12-13,15-16,29,48-50,52-57H,8-11,14,17-28,30-47H2,1-7H3,(H,61,63). The molecule has 10 atom stereocenters. The Morgan fingerprint density at radius 2 is 1.51 bits per heavy atom. The molecule has 4 fully saturated rings. The van der Waals surface area contributed by atoms with Crippen molar-refractivity contribution in [3.8, 4) is 0 Å². The van der Waals surface area contributed by atoms with Gasteiger partial charge in [0.1, 0.15) is 6.10 Å². The van der Waals surface area contributed by atoms with Crippen molar-refractivity contribution in [2.24, 2.45) is 46.3 Å². The third-order valence-electron chi connectivity index (χ3n) is 17.9. The quantitative estimate of drug-likeness (QED) is 0.0501. The summed E-state index contributed by atoms with van der Waals surface area (Å²) in [4.78, 5) is 15.4. The molecule has 8 heteroatoms. The molecule has 68 heavy (non-hydrogen) atoms. The first-order valence-electron chi connectivity index (χ1n) is 29.1. The fourth-order valence-corrected chi connectivity index (χ4v) is 13.9. The molecule has 5 rings (SSSR count). The zero-order valence-corrected chi connectivity index (χ0v) is 45.2. The van der Waals surface area contributed by atoms with Crippen LogP contribution in [-0.4, -0.2) is 95.1 Å². The van der Waals surface area contributed by atoms with Gasteiger partial charge in [-0.25, -0.2) is 4.79 Å². The van der Waals surface area contributed by atoms with Crippen molar-refractivity contribution in [2.45, 2.75) is 227 Å². The molecule has 0 bridgehead atoms. The summed E-state index contributed by atoms with van der Waals surface area (Å²) in [6.07, 6.45) is 43.3. The zero-order chi connectivity index (χ0) is 48.5. The molecule has 0 spiro atoms. The van der Waals surface area contributed by atoms with E-state index in [0.717, 1.165) is 87.3 Å². The Kier molecular flexibility index (Phi) is 26.6. The molecule has 8 nitrogen and oxygen atoms in total. The van der Waals surface area contributed by atoms with Crippen LogP contribution in [0.5, 0.6) is 0 Å². The van der Waals surface area contributed by atoms with Crippen molar-refractivity contribution in [1.82, 2.24) is 10.2 Å². The summed E-state index contributed by atoms with van der Waals surface area (Å²) in [5.41, 5.74) is 2.34. The number of fused-ring (bicyclic) bond motifs is 5. The third-order valence-corrected chi connectivity index (χ3v) is 17.9. The number of ether oxygens (including phenoxy) is 5. The van der Waals surface area contributed by atoms with Crippen molar-refractivity contribution < 1.29 is 28.5 Å². The molecule has 0 aromatic rings. The van der Waals surface area contributed by atoms with Gasteiger partial charge in [-0.15, -0.1) is 0 Å². The highest BCUT2D eigenvalue weighted by Gasteiger charge is 2.59. The van der Waals surface area contributed by atoms with Crippen LogP contribution in [0.3, 0.4) is 0 Å². The average molecular weight is 952 g/mol. The van der Waals surface area contributed by atoms with Crippen LogP contribution in [0.15, 0.2) is 36.0 Å². The van der Waals surface area contributed by atoms with E-state index in [9.17, 15) is 4.79 Å². The van der Waals surface area contributed by atoms with Gasteiger partial charge in [-0.05, 0) is 156 Å². The van der Waals surface area contributed by atoms with Crippen LogP contribution < -0.4 is 5.32 Å². The van der Waals surface area contributed by atoms with Crippen molar-refractivity contribution >= 4 is 6.09 Å². The van der Waals surface area contributed by atoms with Gasteiger partial charge in [-0.2, -0.15) is 0 Å². The Bertz CT molecular complexity index is 1460. The average Bonchev–Trinajstić information content (AvgIpc) is 3.90. The van der Waals surface area contributed by atoms with E-state index in [1.165, 1.54) is 128 Å². The first kappa shape index (κ1) is 57.2. The Morgan fingerprint density at radius 1 is 0.779 bits per heavy atom. The van der Waals surface area contributed by atoms with Gasteiger partial charge in [0.05, 0.1) is 45.7 Å². The number of carbonyl (C=O) groups excluding carboxylic acids is 1. The van der Waals surface area contributed by atoms with Gasteiger partial charge in [0.25, 0.3) is 0 Å². The number of likely N-dealkylation sites (tertiary alicyclic amines) is 1.